The van der Waals surface area contributed by atoms with Gasteiger partial charge in [-0.25, -0.2) is 4.98 Å². The number of nitrogens with zero attached hydrogens (tertiary/aromatic N) is 1. The first kappa shape index (κ1) is 17.0. The lowest BCUT2D eigenvalue weighted by molar-refractivity contribution is -0.116. The number of carbonyl (C=O) groups excluding carboxylic acids is 1. The zero-order valence-electron chi connectivity index (χ0n) is 14.0. The van der Waals surface area contributed by atoms with Gasteiger partial charge in [0.1, 0.15) is 5.01 Å². The van der Waals surface area contributed by atoms with Gasteiger partial charge in [-0.15, -0.1) is 11.3 Å². The molecule has 0 saturated carbocycles. The lowest BCUT2D eigenvalue weighted by Crippen LogP contribution is -2.20. The number of carbonyl (C=O) groups is 1. The summed E-state index contributed by atoms with van der Waals surface area (Å²) >= 11 is 1.55. The summed E-state index contributed by atoms with van der Waals surface area (Å²) < 4.78 is 11.6. The SMILES string of the molecule is COc1ccc(CNC(=O)/C=C/c2nc3ccccc3s2)cc1OC. The minimum absolute atomic E-state index is 0.172. The molecule has 6 heteroatoms. The summed E-state index contributed by atoms with van der Waals surface area (Å²) in [5.41, 5.74) is 1.87. The Labute approximate surface area is 149 Å². The second kappa shape index (κ2) is 7.81. The summed E-state index contributed by atoms with van der Waals surface area (Å²) in [6.07, 6.45) is 3.23. The third-order valence-electron chi connectivity index (χ3n) is 3.60. The number of benzene rings is 2. The predicted octanol–water partition coefficient (Wildman–Crippen LogP) is 3.64. The molecule has 0 aliphatic carbocycles. The highest BCUT2D eigenvalue weighted by molar-refractivity contribution is 7.19. The van der Waals surface area contributed by atoms with E-state index in [-0.39, 0.29) is 5.91 Å². The van der Waals surface area contributed by atoms with Gasteiger partial charge in [-0.05, 0) is 35.9 Å². The van der Waals surface area contributed by atoms with Gasteiger partial charge in [0.05, 0.1) is 24.4 Å². The van der Waals surface area contributed by atoms with E-state index in [4.69, 9.17) is 9.47 Å². The maximum Gasteiger partial charge on any atom is 0.244 e. The van der Waals surface area contributed by atoms with Crippen LogP contribution in [0.1, 0.15) is 10.6 Å². The molecule has 25 heavy (non-hydrogen) atoms. The zero-order valence-corrected chi connectivity index (χ0v) is 14.8. The first-order valence-corrected chi connectivity index (χ1v) is 8.53. The molecule has 0 atom stereocenters. The Morgan fingerprint density at radius 1 is 1.16 bits per heavy atom. The lowest BCUT2D eigenvalue weighted by Gasteiger charge is -2.09. The summed E-state index contributed by atoms with van der Waals surface area (Å²) in [6, 6.07) is 13.4. The van der Waals surface area contributed by atoms with Crippen molar-refractivity contribution in [3.63, 3.8) is 0 Å². The van der Waals surface area contributed by atoms with Crippen molar-refractivity contribution in [2.75, 3.05) is 14.2 Å². The van der Waals surface area contributed by atoms with Crippen molar-refractivity contribution in [2.24, 2.45) is 0 Å². The molecule has 3 rings (SSSR count). The molecule has 1 heterocycles. The number of methoxy groups -OCH3 is 2. The quantitative estimate of drug-likeness (QED) is 0.687. The lowest BCUT2D eigenvalue weighted by atomic mass is 10.2. The smallest absolute Gasteiger partial charge is 0.244 e. The number of amides is 1. The second-order valence-electron chi connectivity index (χ2n) is 5.26. The van der Waals surface area contributed by atoms with Gasteiger partial charge < -0.3 is 14.8 Å². The predicted molar refractivity (Wildman–Crippen MR) is 100 cm³/mol. The summed E-state index contributed by atoms with van der Waals surface area (Å²) in [4.78, 5) is 16.5. The normalized spacial score (nSPS) is 11.0. The highest BCUT2D eigenvalue weighted by atomic mass is 32.1. The van der Waals surface area contributed by atoms with E-state index in [2.05, 4.69) is 10.3 Å². The molecule has 0 bridgehead atoms. The molecule has 0 fully saturated rings. The van der Waals surface area contributed by atoms with Crippen molar-refractivity contribution in [1.82, 2.24) is 10.3 Å². The number of para-hydroxylation sites is 1. The topological polar surface area (TPSA) is 60.5 Å². The summed E-state index contributed by atoms with van der Waals surface area (Å²) in [6.45, 7) is 0.406. The summed E-state index contributed by atoms with van der Waals surface area (Å²) in [5.74, 6) is 1.13. The van der Waals surface area contributed by atoms with Crippen LogP contribution in [0.3, 0.4) is 0 Å². The fourth-order valence-corrected chi connectivity index (χ4v) is 3.22. The van der Waals surface area contributed by atoms with E-state index < -0.39 is 0 Å². The van der Waals surface area contributed by atoms with Gasteiger partial charge in [0.25, 0.3) is 0 Å². The molecular weight excluding hydrogens is 336 g/mol. The van der Waals surface area contributed by atoms with Crippen molar-refractivity contribution in [3.05, 3.63) is 59.1 Å². The highest BCUT2D eigenvalue weighted by Crippen LogP contribution is 2.27. The molecule has 0 aliphatic rings. The standard InChI is InChI=1S/C19H18N2O3S/c1-23-15-8-7-13(11-16(15)24-2)12-20-18(22)9-10-19-21-14-5-3-4-6-17(14)25-19/h3-11H,12H2,1-2H3,(H,20,22)/b10-9+. The molecule has 3 aromatic rings. The van der Waals surface area contributed by atoms with Crippen LogP contribution in [-0.2, 0) is 11.3 Å². The van der Waals surface area contributed by atoms with Crippen molar-refractivity contribution < 1.29 is 14.3 Å². The van der Waals surface area contributed by atoms with E-state index in [0.29, 0.717) is 18.0 Å². The number of hydrogen-bond donors (Lipinski definition) is 1. The molecule has 1 aromatic heterocycles. The van der Waals surface area contributed by atoms with Crippen LogP contribution >= 0.6 is 11.3 Å². The van der Waals surface area contributed by atoms with E-state index in [1.165, 1.54) is 6.08 Å². The van der Waals surface area contributed by atoms with Crippen LogP contribution in [0, 0.1) is 0 Å². The molecule has 0 aliphatic heterocycles. The minimum atomic E-state index is -0.172. The molecule has 2 aromatic carbocycles. The summed E-state index contributed by atoms with van der Waals surface area (Å²) in [5, 5.41) is 3.65. The van der Waals surface area contributed by atoms with Crippen LogP contribution in [0.15, 0.2) is 48.5 Å². The van der Waals surface area contributed by atoms with E-state index in [0.717, 1.165) is 20.8 Å². The first-order chi connectivity index (χ1) is 12.2. The molecule has 1 N–H and O–H groups in total. The Bertz CT molecular complexity index is 885. The van der Waals surface area contributed by atoms with Gasteiger partial charge in [0, 0.05) is 12.6 Å². The van der Waals surface area contributed by atoms with Gasteiger partial charge in [0.15, 0.2) is 11.5 Å². The van der Waals surface area contributed by atoms with Crippen LogP contribution in [0.25, 0.3) is 16.3 Å². The maximum absolute atomic E-state index is 12.0. The number of ether oxygens (including phenoxy) is 2. The Morgan fingerprint density at radius 3 is 2.72 bits per heavy atom. The van der Waals surface area contributed by atoms with Crippen LogP contribution in [0.5, 0.6) is 11.5 Å². The van der Waals surface area contributed by atoms with Crippen LogP contribution < -0.4 is 14.8 Å². The second-order valence-corrected chi connectivity index (χ2v) is 6.32. The van der Waals surface area contributed by atoms with Gasteiger partial charge in [0.2, 0.25) is 5.91 Å². The molecule has 5 nitrogen and oxygen atoms in total. The molecule has 0 radical (unpaired) electrons. The number of thiazole rings is 1. The largest absolute Gasteiger partial charge is 0.493 e. The number of rotatable bonds is 6. The van der Waals surface area contributed by atoms with E-state index >= 15 is 0 Å². The average molecular weight is 354 g/mol. The van der Waals surface area contributed by atoms with Crippen molar-refractivity contribution in [1.29, 1.82) is 0 Å². The Kier molecular flexibility index (Phi) is 5.30. The molecular formula is C19H18N2O3S. The van der Waals surface area contributed by atoms with Gasteiger partial charge in [-0.3, -0.25) is 4.79 Å². The van der Waals surface area contributed by atoms with E-state index in [1.807, 2.05) is 42.5 Å². The summed E-state index contributed by atoms with van der Waals surface area (Å²) in [7, 11) is 3.17. The third-order valence-corrected chi connectivity index (χ3v) is 4.60. The molecule has 0 spiro atoms. The average Bonchev–Trinajstić information content (AvgIpc) is 3.07. The Morgan fingerprint density at radius 2 is 1.96 bits per heavy atom. The van der Waals surface area contributed by atoms with E-state index in [9.17, 15) is 4.79 Å². The zero-order chi connectivity index (χ0) is 17.6. The fourth-order valence-electron chi connectivity index (χ4n) is 2.35. The molecule has 1 amide bonds. The van der Waals surface area contributed by atoms with Gasteiger partial charge in [-0.1, -0.05) is 18.2 Å². The number of fused-ring (bicyclic) bond motifs is 1. The van der Waals surface area contributed by atoms with Crippen LogP contribution in [-0.4, -0.2) is 25.1 Å². The van der Waals surface area contributed by atoms with Crippen molar-refractivity contribution >= 4 is 33.5 Å². The monoisotopic (exact) mass is 354 g/mol. The molecule has 0 saturated heterocycles. The Balaban J connectivity index is 1.60. The number of nitrogens with one attached hydrogen (secondary N) is 1. The maximum atomic E-state index is 12.0. The minimum Gasteiger partial charge on any atom is -0.493 e. The highest BCUT2D eigenvalue weighted by Gasteiger charge is 2.05. The third kappa shape index (κ3) is 4.16. The van der Waals surface area contributed by atoms with Gasteiger partial charge >= 0.3 is 0 Å². The molecule has 0 unspecified atom stereocenters. The fraction of sp³-hybridized carbons (Fsp3) is 0.158. The number of aromatic nitrogens is 1. The first-order valence-electron chi connectivity index (χ1n) is 7.72. The van der Waals surface area contributed by atoms with Crippen molar-refractivity contribution in [3.8, 4) is 11.5 Å². The van der Waals surface area contributed by atoms with Crippen LogP contribution in [0.4, 0.5) is 0 Å². The van der Waals surface area contributed by atoms with Gasteiger partial charge in [-0.2, -0.15) is 0 Å². The molecule has 128 valence electrons. The Hall–Kier alpha value is -2.86. The number of hydrogen-bond acceptors (Lipinski definition) is 5. The van der Waals surface area contributed by atoms with Crippen molar-refractivity contribution in [2.45, 2.75) is 6.54 Å². The van der Waals surface area contributed by atoms with Crippen LogP contribution in [0.2, 0.25) is 0 Å². The van der Waals surface area contributed by atoms with E-state index in [1.54, 1.807) is 31.6 Å².